The Balaban J connectivity index is 1.58. The molecule has 1 amide bonds. The standard InChI is InChI=1S/C16H14FNO5/c17-10-1-3-11(4-2-10)22-9-12-5-6-13(23-12)14(19)18-16(7-8-16)15(20)21/h1-6H,7-9H2,(H,18,19)(H,20,21). The van der Waals surface area contributed by atoms with E-state index in [0.717, 1.165) is 0 Å². The average Bonchev–Trinajstić information content (AvgIpc) is 3.15. The lowest BCUT2D eigenvalue weighted by Crippen LogP contribution is -2.42. The summed E-state index contributed by atoms with van der Waals surface area (Å²) >= 11 is 0. The van der Waals surface area contributed by atoms with Crippen molar-refractivity contribution in [2.45, 2.75) is 25.0 Å². The van der Waals surface area contributed by atoms with Crippen LogP contribution in [0.25, 0.3) is 0 Å². The number of carboxylic acid groups (broad SMARTS) is 1. The fourth-order valence-electron chi connectivity index (χ4n) is 2.06. The number of hydrogen-bond donors (Lipinski definition) is 2. The van der Waals surface area contributed by atoms with Gasteiger partial charge in [0.15, 0.2) is 5.76 Å². The number of hydrogen-bond acceptors (Lipinski definition) is 4. The summed E-state index contributed by atoms with van der Waals surface area (Å²) in [7, 11) is 0. The number of carbonyl (C=O) groups is 2. The second-order valence-corrected chi connectivity index (χ2v) is 5.35. The quantitative estimate of drug-likeness (QED) is 0.853. The molecule has 1 aliphatic rings. The highest BCUT2D eigenvalue weighted by atomic mass is 19.1. The third-order valence-corrected chi connectivity index (χ3v) is 3.59. The van der Waals surface area contributed by atoms with Crippen LogP contribution in [-0.2, 0) is 11.4 Å². The van der Waals surface area contributed by atoms with E-state index < -0.39 is 17.4 Å². The molecule has 1 heterocycles. The largest absolute Gasteiger partial charge is 0.486 e. The lowest BCUT2D eigenvalue weighted by atomic mass is 10.2. The number of carbonyl (C=O) groups excluding carboxylic acids is 1. The fraction of sp³-hybridized carbons (Fsp3) is 0.250. The van der Waals surface area contributed by atoms with Crippen LogP contribution in [0.15, 0.2) is 40.8 Å². The highest BCUT2D eigenvalue weighted by Crippen LogP contribution is 2.35. The molecule has 23 heavy (non-hydrogen) atoms. The van der Waals surface area contributed by atoms with E-state index in [1.165, 1.54) is 30.3 Å². The molecule has 0 unspecified atom stereocenters. The Morgan fingerprint density at radius 2 is 1.91 bits per heavy atom. The predicted molar refractivity (Wildman–Crippen MR) is 76.5 cm³/mol. The number of ether oxygens (including phenoxy) is 1. The van der Waals surface area contributed by atoms with Crippen LogP contribution in [0.1, 0.15) is 29.2 Å². The van der Waals surface area contributed by atoms with E-state index in [9.17, 15) is 14.0 Å². The van der Waals surface area contributed by atoms with Gasteiger partial charge in [0.2, 0.25) is 0 Å². The molecule has 1 aliphatic carbocycles. The van der Waals surface area contributed by atoms with Crippen LogP contribution >= 0.6 is 0 Å². The summed E-state index contributed by atoms with van der Waals surface area (Å²) in [6, 6.07) is 8.54. The Morgan fingerprint density at radius 1 is 1.22 bits per heavy atom. The Hall–Kier alpha value is -2.83. The number of carboxylic acids is 1. The second-order valence-electron chi connectivity index (χ2n) is 5.35. The Bertz CT molecular complexity index is 733. The van der Waals surface area contributed by atoms with Gasteiger partial charge in [0.25, 0.3) is 5.91 Å². The van der Waals surface area contributed by atoms with Crippen molar-refractivity contribution in [2.24, 2.45) is 0 Å². The van der Waals surface area contributed by atoms with Crippen molar-refractivity contribution in [2.75, 3.05) is 0 Å². The molecule has 3 rings (SSSR count). The minimum absolute atomic E-state index is 0.0234. The molecule has 0 aliphatic heterocycles. The van der Waals surface area contributed by atoms with Crippen LogP contribution in [0.5, 0.6) is 5.75 Å². The third kappa shape index (κ3) is 3.33. The van der Waals surface area contributed by atoms with Crippen molar-refractivity contribution < 1.29 is 28.2 Å². The lowest BCUT2D eigenvalue weighted by molar-refractivity contribution is -0.140. The molecule has 2 aromatic rings. The summed E-state index contributed by atoms with van der Waals surface area (Å²) in [5.41, 5.74) is -1.16. The van der Waals surface area contributed by atoms with E-state index in [4.69, 9.17) is 14.3 Å². The molecule has 1 fully saturated rings. The SMILES string of the molecule is O=C(NC1(C(=O)O)CC1)c1ccc(COc2ccc(F)cc2)o1. The predicted octanol–water partition coefficient (Wildman–Crippen LogP) is 2.34. The highest BCUT2D eigenvalue weighted by Gasteiger charge is 2.52. The van der Waals surface area contributed by atoms with Gasteiger partial charge in [0.1, 0.15) is 29.5 Å². The maximum absolute atomic E-state index is 12.8. The maximum Gasteiger partial charge on any atom is 0.329 e. The van der Waals surface area contributed by atoms with E-state index in [1.807, 2.05) is 0 Å². The number of amides is 1. The molecule has 120 valence electrons. The summed E-state index contributed by atoms with van der Waals surface area (Å²) in [5, 5.41) is 11.5. The van der Waals surface area contributed by atoms with Gasteiger partial charge < -0.3 is 19.6 Å². The van der Waals surface area contributed by atoms with Crippen molar-refractivity contribution >= 4 is 11.9 Å². The van der Waals surface area contributed by atoms with Gasteiger partial charge in [0, 0.05) is 0 Å². The summed E-state index contributed by atoms with van der Waals surface area (Å²) in [5.74, 6) is -1.08. The van der Waals surface area contributed by atoms with Gasteiger partial charge in [-0.3, -0.25) is 4.79 Å². The van der Waals surface area contributed by atoms with Crippen LogP contribution in [0.2, 0.25) is 0 Å². The van der Waals surface area contributed by atoms with Crippen LogP contribution in [0.3, 0.4) is 0 Å². The van der Waals surface area contributed by atoms with Gasteiger partial charge in [-0.05, 0) is 49.2 Å². The molecule has 2 N–H and O–H groups in total. The third-order valence-electron chi connectivity index (χ3n) is 3.59. The number of benzene rings is 1. The van der Waals surface area contributed by atoms with E-state index >= 15 is 0 Å². The Labute approximate surface area is 130 Å². The molecular formula is C16H14FNO5. The number of rotatable bonds is 6. The van der Waals surface area contributed by atoms with Gasteiger partial charge >= 0.3 is 5.97 Å². The van der Waals surface area contributed by atoms with Crippen molar-refractivity contribution in [3.8, 4) is 5.75 Å². The van der Waals surface area contributed by atoms with Crippen molar-refractivity contribution in [1.29, 1.82) is 0 Å². The molecule has 0 radical (unpaired) electrons. The number of nitrogens with one attached hydrogen (secondary N) is 1. The molecular weight excluding hydrogens is 305 g/mol. The highest BCUT2D eigenvalue weighted by molar-refractivity contribution is 5.97. The van der Waals surface area contributed by atoms with Crippen LogP contribution in [0, 0.1) is 5.82 Å². The summed E-state index contributed by atoms with van der Waals surface area (Å²) < 4.78 is 23.5. The maximum atomic E-state index is 12.8. The van der Waals surface area contributed by atoms with E-state index in [0.29, 0.717) is 24.4 Å². The smallest absolute Gasteiger partial charge is 0.329 e. The van der Waals surface area contributed by atoms with Gasteiger partial charge in [0.05, 0.1) is 0 Å². The van der Waals surface area contributed by atoms with E-state index in [2.05, 4.69) is 5.32 Å². The zero-order chi connectivity index (χ0) is 16.4. The zero-order valence-electron chi connectivity index (χ0n) is 12.0. The summed E-state index contributed by atoms with van der Waals surface area (Å²) in [4.78, 5) is 23.0. The molecule has 1 aromatic heterocycles. The van der Waals surface area contributed by atoms with Crippen LogP contribution < -0.4 is 10.1 Å². The fourth-order valence-corrected chi connectivity index (χ4v) is 2.06. The van der Waals surface area contributed by atoms with Gasteiger partial charge in [-0.25, -0.2) is 9.18 Å². The lowest BCUT2D eigenvalue weighted by Gasteiger charge is -2.10. The van der Waals surface area contributed by atoms with Crippen molar-refractivity contribution in [3.63, 3.8) is 0 Å². The van der Waals surface area contributed by atoms with Crippen LogP contribution in [0.4, 0.5) is 4.39 Å². The minimum Gasteiger partial charge on any atom is -0.486 e. The molecule has 0 bridgehead atoms. The number of furan rings is 1. The molecule has 1 saturated carbocycles. The normalized spacial score (nSPS) is 15.0. The summed E-state index contributed by atoms with van der Waals surface area (Å²) in [6.45, 7) is 0.0724. The molecule has 1 aromatic carbocycles. The van der Waals surface area contributed by atoms with Crippen LogP contribution in [-0.4, -0.2) is 22.5 Å². The van der Waals surface area contributed by atoms with Gasteiger partial charge in [-0.1, -0.05) is 0 Å². The Kier molecular flexibility index (Phi) is 3.77. The second kappa shape index (κ2) is 5.75. The molecule has 7 heteroatoms. The van der Waals surface area contributed by atoms with Gasteiger partial charge in [-0.2, -0.15) is 0 Å². The molecule has 6 nitrogen and oxygen atoms in total. The zero-order valence-corrected chi connectivity index (χ0v) is 12.0. The van der Waals surface area contributed by atoms with E-state index in [1.54, 1.807) is 6.07 Å². The monoisotopic (exact) mass is 319 g/mol. The first-order chi connectivity index (χ1) is 11.0. The molecule has 0 atom stereocenters. The molecule has 0 saturated heterocycles. The minimum atomic E-state index is -1.16. The molecule has 0 spiro atoms. The first-order valence-corrected chi connectivity index (χ1v) is 7.01. The van der Waals surface area contributed by atoms with E-state index in [-0.39, 0.29) is 18.2 Å². The van der Waals surface area contributed by atoms with Gasteiger partial charge in [-0.15, -0.1) is 0 Å². The topological polar surface area (TPSA) is 88.8 Å². The first kappa shape index (κ1) is 15.1. The first-order valence-electron chi connectivity index (χ1n) is 7.01. The van der Waals surface area contributed by atoms with Crippen molar-refractivity contribution in [1.82, 2.24) is 5.32 Å². The number of halogens is 1. The average molecular weight is 319 g/mol. The summed E-state index contributed by atoms with van der Waals surface area (Å²) in [6.07, 6.45) is 0.824. The van der Waals surface area contributed by atoms with Crippen molar-refractivity contribution in [3.05, 3.63) is 53.7 Å². The Morgan fingerprint density at radius 3 is 2.52 bits per heavy atom. The number of aliphatic carboxylic acids is 1.